The van der Waals surface area contributed by atoms with Gasteiger partial charge in [-0.15, -0.1) is 0 Å². The van der Waals surface area contributed by atoms with Crippen LogP contribution < -0.4 is 0 Å². The molecule has 112 valence electrons. The number of hydrogen-bond acceptors (Lipinski definition) is 6. The maximum absolute atomic E-state index is 11.7. The van der Waals surface area contributed by atoms with Gasteiger partial charge in [-0.1, -0.05) is 6.92 Å². The van der Waals surface area contributed by atoms with Gasteiger partial charge in [0.05, 0.1) is 32.6 Å². The molecule has 0 saturated heterocycles. The molecule has 6 nitrogen and oxygen atoms in total. The highest BCUT2D eigenvalue weighted by atomic mass is 16.5. The van der Waals surface area contributed by atoms with Crippen LogP contribution in [-0.4, -0.2) is 43.1 Å². The van der Waals surface area contributed by atoms with Gasteiger partial charge in [0.25, 0.3) is 0 Å². The summed E-state index contributed by atoms with van der Waals surface area (Å²) in [6.07, 6.45) is 1.44. The summed E-state index contributed by atoms with van der Waals surface area (Å²) in [5.41, 5.74) is 0.397. The van der Waals surface area contributed by atoms with E-state index in [2.05, 4.69) is 0 Å². The maximum Gasteiger partial charge on any atom is 0.341 e. The van der Waals surface area contributed by atoms with Crippen LogP contribution in [0.25, 0.3) is 0 Å². The highest BCUT2D eigenvalue weighted by Crippen LogP contribution is 2.14. The van der Waals surface area contributed by atoms with E-state index < -0.39 is 5.97 Å². The SMILES string of the molecule is CCOC(=O)CN(CC)Cc1occc1C(=O)OCC. The molecule has 0 aliphatic heterocycles. The van der Waals surface area contributed by atoms with Crippen LogP contribution in [0.15, 0.2) is 16.7 Å². The third-order valence-corrected chi connectivity index (χ3v) is 2.71. The second-order valence-corrected chi connectivity index (χ2v) is 4.09. The predicted octanol–water partition coefficient (Wildman–Crippen LogP) is 1.84. The lowest BCUT2D eigenvalue weighted by Gasteiger charge is -2.18. The molecule has 0 aliphatic carbocycles. The zero-order valence-electron chi connectivity index (χ0n) is 12.2. The average Bonchev–Trinajstić information content (AvgIpc) is 2.86. The van der Waals surface area contributed by atoms with E-state index in [1.807, 2.05) is 11.8 Å². The fourth-order valence-electron chi connectivity index (χ4n) is 1.73. The second-order valence-electron chi connectivity index (χ2n) is 4.09. The standard InChI is InChI=1S/C14H21NO5/c1-4-15(10-13(16)18-5-2)9-12-11(7-8-20-12)14(17)19-6-3/h7-8H,4-6,9-10H2,1-3H3. The first kappa shape index (κ1) is 16.2. The Morgan fingerprint density at radius 3 is 2.50 bits per heavy atom. The van der Waals surface area contributed by atoms with Crippen molar-refractivity contribution in [2.45, 2.75) is 27.3 Å². The van der Waals surface area contributed by atoms with Crippen molar-refractivity contribution in [1.82, 2.24) is 4.90 Å². The topological polar surface area (TPSA) is 69.0 Å². The zero-order valence-corrected chi connectivity index (χ0v) is 12.2. The molecule has 0 bridgehead atoms. The Bertz CT molecular complexity index is 441. The number of carbonyl (C=O) groups is 2. The van der Waals surface area contributed by atoms with Crippen molar-refractivity contribution in [2.24, 2.45) is 0 Å². The number of nitrogens with zero attached hydrogens (tertiary/aromatic N) is 1. The fraction of sp³-hybridized carbons (Fsp3) is 0.571. The first-order valence-corrected chi connectivity index (χ1v) is 6.73. The molecule has 6 heteroatoms. The monoisotopic (exact) mass is 283 g/mol. The second kappa shape index (κ2) is 8.37. The molecule has 0 amide bonds. The highest BCUT2D eigenvalue weighted by molar-refractivity contribution is 5.90. The van der Waals surface area contributed by atoms with Gasteiger partial charge in [0, 0.05) is 0 Å². The van der Waals surface area contributed by atoms with Gasteiger partial charge in [-0.05, 0) is 26.5 Å². The Kier molecular flexibility index (Phi) is 6.79. The molecule has 0 atom stereocenters. The summed E-state index contributed by atoms with van der Waals surface area (Å²) < 4.78 is 15.2. The van der Waals surface area contributed by atoms with Crippen LogP contribution >= 0.6 is 0 Å². The molecule has 0 fully saturated rings. The van der Waals surface area contributed by atoms with Crippen molar-refractivity contribution in [2.75, 3.05) is 26.3 Å². The number of ether oxygens (including phenoxy) is 2. The van der Waals surface area contributed by atoms with Crippen molar-refractivity contribution in [3.05, 3.63) is 23.7 Å². The molecule has 0 aliphatic rings. The number of hydrogen-bond donors (Lipinski definition) is 0. The normalized spacial score (nSPS) is 10.6. The third kappa shape index (κ3) is 4.70. The van der Waals surface area contributed by atoms with E-state index >= 15 is 0 Å². The quantitative estimate of drug-likeness (QED) is 0.678. The molecule has 1 aromatic rings. The van der Waals surface area contributed by atoms with Gasteiger partial charge < -0.3 is 13.9 Å². The zero-order chi connectivity index (χ0) is 15.0. The van der Waals surface area contributed by atoms with Gasteiger partial charge in [0.2, 0.25) is 0 Å². The molecule has 0 spiro atoms. The van der Waals surface area contributed by atoms with Crippen LogP contribution in [0.3, 0.4) is 0 Å². The van der Waals surface area contributed by atoms with E-state index in [0.717, 1.165) is 0 Å². The largest absolute Gasteiger partial charge is 0.467 e. The van der Waals surface area contributed by atoms with E-state index in [-0.39, 0.29) is 12.5 Å². The third-order valence-electron chi connectivity index (χ3n) is 2.71. The summed E-state index contributed by atoms with van der Waals surface area (Å²) in [6.45, 7) is 7.25. The van der Waals surface area contributed by atoms with E-state index in [1.165, 1.54) is 6.26 Å². The lowest BCUT2D eigenvalue weighted by atomic mass is 10.2. The number of carbonyl (C=O) groups excluding carboxylic acids is 2. The summed E-state index contributed by atoms with van der Waals surface area (Å²) in [5, 5.41) is 0. The molecule has 0 radical (unpaired) electrons. The summed E-state index contributed by atoms with van der Waals surface area (Å²) in [6, 6.07) is 1.57. The molecule has 1 rings (SSSR count). The molecule has 0 N–H and O–H groups in total. The first-order chi connectivity index (χ1) is 9.62. The Balaban J connectivity index is 2.68. The number of likely N-dealkylation sites (N-methyl/N-ethyl adjacent to an activating group) is 1. The minimum Gasteiger partial charge on any atom is -0.467 e. The van der Waals surface area contributed by atoms with Crippen molar-refractivity contribution < 1.29 is 23.5 Å². The van der Waals surface area contributed by atoms with E-state index in [1.54, 1.807) is 19.9 Å². The Labute approximate surface area is 118 Å². The minimum atomic E-state index is -0.413. The van der Waals surface area contributed by atoms with Crippen LogP contribution in [0.1, 0.15) is 36.9 Å². The fourth-order valence-corrected chi connectivity index (χ4v) is 1.73. The van der Waals surface area contributed by atoms with Gasteiger partial charge in [0.15, 0.2) is 0 Å². The molecule has 1 heterocycles. The van der Waals surface area contributed by atoms with E-state index in [4.69, 9.17) is 13.9 Å². The van der Waals surface area contributed by atoms with E-state index in [9.17, 15) is 9.59 Å². The average molecular weight is 283 g/mol. The van der Waals surface area contributed by atoms with Gasteiger partial charge in [-0.2, -0.15) is 0 Å². The molecule has 0 aromatic carbocycles. The van der Waals surface area contributed by atoms with Crippen molar-refractivity contribution in [3.8, 4) is 0 Å². The Hall–Kier alpha value is -1.82. The molecular weight excluding hydrogens is 262 g/mol. The van der Waals surface area contributed by atoms with Gasteiger partial charge in [-0.3, -0.25) is 9.69 Å². The van der Waals surface area contributed by atoms with Crippen molar-refractivity contribution in [1.29, 1.82) is 0 Å². The van der Waals surface area contributed by atoms with Crippen LogP contribution in [-0.2, 0) is 20.8 Å². The molecule has 20 heavy (non-hydrogen) atoms. The molecule has 1 aromatic heterocycles. The Morgan fingerprint density at radius 2 is 1.90 bits per heavy atom. The minimum absolute atomic E-state index is 0.160. The number of furan rings is 1. The Morgan fingerprint density at radius 1 is 1.20 bits per heavy atom. The molecular formula is C14H21NO5. The predicted molar refractivity (Wildman–Crippen MR) is 72.2 cm³/mol. The van der Waals surface area contributed by atoms with Crippen LogP contribution in [0, 0.1) is 0 Å². The summed E-state index contributed by atoms with van der Waals surface area (Å²) in [5.74, 6) is -0.211. The lowest BCUT2D eigenvalue weighted by molar-refractivity contribution is -0.144. The summed E-state index contributed by atoms with van der Waals surface area (Å²) in [7, 11) is 0. The van der Waals surface area contributed by atoms with Gasteiger partial charge in [-0.25, -0.2) is 4.79 Å². The van der Waals surface area contributed by atoms with Crippen LogP contribution in [0.4, 0.5) is 0 Å². The summed E-state index contributed by atoms with van der Waals surface area (Å²) in [4.78, 5) is 25.0. The first-order valence-electron chi connectivity index (χ1n) is 6.73. The van der Waals surface area contributed by atoms with Crippen molar-refractivity contribution in [3.63, 3.8) is 0 Å². The van der Waals surface area contributed by atoms with E-state index in [0.29, 0.717) is 37.6 Å². The molecule has 0 saturated carbocycles. The van der Waals surface area contributed by atoms with Crippen LogP contribution in [0.5, 0.6) is 0 Å². The van der Waals surface area contributed by atoms with Gasteiger partial charge in [0.1, 0.15) is 11.3 Å². The smallest absolute Gasteiger partial charge is 0.341 e. The lowest BCUT2D eigenvalue weighted by Crippen LogP contribution is -2.30. The maximum atomic E-state index is 11.7. The van der Waals surface area contributed by atoms with Crippen molar-refractivity contribution >= 4 is 11.9 Å². The highest BCUT2D eigenvalue weighted by Gasteiger charge is 2.19. The molecule has 0 unspecified atom stereocenters. The number of esters is 2. The number of rotatable bonds is 8. The van der Waals surface area contributed by atoms with Crippen LogP contribution in [0.2, 0.25) is 0 Å². The summed E-state index contributed by atoms with van der Waals surface area (Å²) >= 11 is 0. The van der Waals surface area contributed by atoms with Gasteiger partial charge >= 0.3 is 11.9 Å².